The number of nitrogens with one attached hydrogen (secondary N) is 1. The molecule has 3 aromatic carbocycles. The maximum absolute atomic E-state index is 13.8. The summed E-state index contributed by atoms with van der Waals surface area (Å²) in [6, 6.07) is 17.6. The van der Waals surface area contributed by atoms with Gasteiger partial charge in [-0.15, -0.1) is 0 Å². The lowest BCUT2D eigenvalue weighted by Crippen LogP contribution is -2.35. The quantitative estimate of drug-likeness (QED) is 0.195. The van der Waals surface area contributed by atoms with Gasteiger partial charge < -0.3 is 30.0 Å². The van der Waals surface area contributed by atoms with Gasteiger partial charge in [0.15, 0.2) is 11.5 Å². The number of esters is 1. The molecule has 1 aromatic heterocycles. The van der Waals surface area contributed by atoms with Crippen LogP contribution in [0.3, 0.4) is 0 Å². The minimum Gasteiger partial charge on any atom is -0.493 e. The van der Waals surface area contributed by atoms with Crippen molar-refractivity contribution in [3.05, 3.63) is 84.3 Å². The Morgan fingerprint density at radius 2 is 1.79 bits per heavy atom. The van der Waals surface area contributed by atoms with E-state index >= 15 is 0 Å². The van der Waals surface area contributed by atoms with E-state index in [1.165, 1.54) is 19.2 Å². The molecule has 3 N–H and O–H groups in total. The van der Waals surface area contributed by atoms with E-state index in [1.54, 1.807) is 60.8 Å². The maximum atomic E-state index is 13.8. The number of para-hydroxylation sites is 1. The molecule has 1 aliphatic carbocycles. The summed E-state index contributed by atoms with van der Waals surface area (Å²) in [5, 5.41) is 3.29. The number of amides is 1. The lowest BCUT2D eigenvalue weighted by atomic mass is 10.1. The van der Waals surface area contributed by atoms with Crippen LogP contribution in [0, 0.1) is 5.82 Å². The number of carbonyl (C=O) groups is 2. The van der Waals surface area contributed by atoms with Gasteiger partial charge in [0.2, 0.25) is 5.91 Å². The Hall–Kier alpha value is -4.70. The lowest BCUT2D eigenvalue weighted by Gasteiger charge is -2.17. The van der Waals surface area contributed by atoms with Crippen molar-refractivity contribution >= 4 is 28.5 Å². The normalized spacial score (nSPS) is 13.8. The van der Waals surface area contributed by atoms with Gasteiger partial charge in [-0.3, -0.25) is 14.6 Å². The largest absolute Gasteiger partial charge is 0.493 e. The van der Waals surface area contributed by atoms with Crippen molar-refractivity contribution in [1.82, 2.24) is 4.98 Å². The SMILES string of the molecule is COc1cc2c(Oc3ccc(CC(=O)Nc4ccccc4F)cc3)ccnc2cc1OCC[C@H](N)C(=O)OC1CCCC1. The number of ether oxygens (including phenoxy) is 4. The Kier molecular flexibility index (Phi) is 9.68. The van der Waals surface area contributed by atoms with Crippen LogP contribution >= 0.6 is 0 Å². The Labute approximate surface area is 249 Å². The van der Waals surface area contributed by atoms with Crippen molar-refractivity contribution in [3.63, 3.8) is 0 Å². The molecule has 1 atom stereocenters. The molecule has 5 rings (SSSR count). The van der Waals surface area contributed by atoms with Gasteiger partial charge >= 0.3 is 5.97 Å². The van der Waals surface area contributed by atoms with E-state index in [9.17, 15) is 14.0 Å². The summed E-state index contributed by atoms with van der Waals surface area (Å²) < 4.78 is 36.9. The van der Waals surface area contributed by atoms with E-state index in [1.807, 2.05) is 0 Å². The number of nitrogens with two attached hydrogens (primary N) is 1. The third-order valence-corrected chi connectivity index (χ3v) is 7.22. The summed E-state index contributed by atoms with van der Waals surface area (Å²) >= 11 is 0. The zero-order valence-electron chi connectivity index (χ0n) is 23.9. The Morgan fingerprint density at radius 3 is 2.53 bits per heavy atom. The molecule has 4 aromatic rings. The van der Waals surface area contributed by atoms with Gasteiger partial charge in [-0.2, -0.15) is 0 Å². The van der Waals surface area contributed by atoms with Crippen molar-refractivity contribution in [2.75, 3.05) is 19.0 Å². The van der Waals surface area contributed by atoms with Crippen LogP contribution in [0.15, 0.2) is 72.9 Å². The predicted octanol–water partition coefficient (Wildman–Crippen LogP) is 5.94. The van der Waals surface area contributed by atoms with E-state index in [0.29, 0.717) is 40.3 Å². The minimum atomic E-state index is -0.766. The highest BCUT2D eigenvalue weighted by atomic mass is 19.1. The predicted molar refractivity (Wildman–Crippen MR) is 160 cm³/mol. The number of hydrogen-bond acceptors (Lipinski definition) is 8. The molecule has 0 unspecified atom stereocenters. The third kappa shape index (κ3) is 7.78. The first-order valence-corrected chi connectivity index (χ1v) is 14.3. The molecule has 1 amide bonds. The summed E-state index contributed by atoms with van der Waals surface area (Å²) in [7, 11) is 1.54. The molecule has 1 aliphatic rings. The van der Waals surface area contributed by atoms with Crippen molar-refractivity contribution in [1.29, 1.82) is 0 Å². The fraction of sp³-hybridized carbons (Fsp3) is 0.303. The van der Waals surface area contributed by atoms with Crippen LogP contribution in [-0.4, -0.2) is 42.7 Å². The number of hydrogen-bond donors (Lipinski definition) is 2. The fourth-order valence-corrected chi connectivity index (χ4v) is 4.91. The van der Waals surface area contributed by atoms with Gasteiger partial charge in [0.1, 0.15) is 29.5 Å². The number of fused-ring (bicyclic) bond motifs is 1. The first-order chi connectivity index (χ1) is 20.9. The molecule has 0 saturated heterocycles. The van der Waals surface area contributed by atoms with Crippen molar-refractivity contribution in [3.8, 4) is 23.0 Å². The highest BCUT2D eigenvalue weighted by Gasteiger charge is 2.23. The topological polar surface area (TPSA) is 122 Å². The first-order valence-electron chi connectivity index (χ1n) is 14.3. The standard InChI is InChI=1S/C33H34FN3O6/c1-40-30-19-24-28(20-31(30)41-17-15-26(35)33(39)43-22-6-2-3-7-22)36-16-14-29(24)42-23-12-10-21(11-13-23)18-32(38)37-27-9-5-4-8-25(27)34/h4-5,8-14,16,19-20,22,26H,2-3,6-7,15,17-18,35H2,1H3,(H,37,38)/t26-/m0/s1. The van der Waals surface area contributed by atoms with Gasteiger partial charge in [0.05, 0.1) is 31.3 Å². The summed E-state index contributed by atoms with van der Waals surface area (Å²) in [5.74, 6) is 0.844. The second-order valence-corrected chi connectivity index (χ2v) is 10.4. The first kappa shape index (κ1) is 29.8. The van der Waals surface area contributed by atoms with Crippen molar-refractivity contribution < 1.29 is 32.9 Å². The van der Waals surface area contributed by atoms with Gasteiger partial charge in [0, 0.05) is 24.1 Å². The van der Waals surface area contributed by atoms with Crippen LogP contribution in [0.25, 0.3) is 10.9 Å². The monoisotopic (exact) mass is 587 g/mol. The zero-order valence-corrected chi connectivity index (χ0v) is 23.9. The molecule has 43 heavy (non-hydrogen) atoms. The molecule has 1 heterocycles. The number of aromatic nitrogens is 1. The van der Waals surface area contributed by atoms with Crippen molar-refractivity contribution in [2.24, 2.45) is 5.73 Å². The fourth-order valence-electron chi connectivity index (χ4n) is 4.91. The van der Waals surface area contributed by atoms with Gasteiger partial charge in [-0.25, -0.2) is 4.39 Å². The second kappa shape index (κ2) is 14.0. The minimum absolute atomic E-state index is 0.0287. The van der Waals surface area contributed by atoms with Crippen LogP contribution in [0.1, 0.15) is 37.7 Å². The van der Waals surface area contributed by atoms with Crippen LogP contribution in [0.4, 0.5) is 10.1 Å². The molecule has 0 radical (unpaired) electrons. The van der Waals surface area contributed by atoms with Crippen LogP contribution in [0.2, 0.25) is 0 Å². The van der Waals surface area contributed by atoms with Crippen LogP contribution in [-0.2, 0) is 20.7 Å². The van der Waals surface area contributed by atoms with E-state index in [-0.39, 0.29) is 30.7 Å². The van der Waals surface area contributed by atoms with E-state index in [4.69, 9.17) is 24.7 Å². The van der Waals surface area contributed by atoms with E-state index in [2.05, 4.69) is 10.3 Å². The smallest absolute Gasteiger partial charge is 0.323 e. The number of nitrogens with zero attached hydrogens (tertiary/aromatic N) is 1. The number of benzene rings is 3. The summed E-state index contributed by atoms with van der Waals surface area (Å²) in [6.07, 6.45) is 5.91. The molecular formula is C33H34FN3O6. The number of methoxy groups -OCH3 is 1. The highest BCUT2D eigenvalue weighted by Crippen LogP contribution is 2.37. The molecule has 0 bridgehead atoms. The molecule has 0 aliphatic heterocycles. The molecule has 1 fully saturated rings. The molecule has 1 saturated carbocycles. The molecule has 0 spiro atoms. The maximum Gasteiger partial charge on any atom is 0.323 e. The molecular weight excluding hydrogens is 553 g/mol. The van der Waals surface area contributed by atoms with E-state index in [0.717, 1.165) is 31.2 Å². The third-order valence-electron chi connectivity index (χ3n) is 7.22. The number of pyridine rings is 1. The Morgan fingerprint density at radius 1 is 1.02 bits per heavy atom. The van der Waals surface area contributed by atoms with Crippen LogP contribution < -0.4 is 25.3 Å². The average molecular weight is 588 g/mol. The van der Waals surface area contributed by atoms with Crippen molar-refractivity contribution in [2.45, 2.75) is 50.7 Å². The lowest BCUT2D eigenvalue weighted by molar-refractivity contribution is -0.150. The van der Waals surface area contributed by atoms with Gasteiger partial charge in [-0.1, -0.05) is 24.3 Å². The zero-order chi connectivity index (χ0) is 30.2. The highest BCUT2D eigenvalue weighted by molar-refractivity contribution is 5.92. The van der Waals surface area contributed by atoms with E-state index < -0.39 is 17.8 Å². The second-order valence-electron chi connectivity index (χ2n) is 10.4. The number of rotatable bonds is 12. The summed E-state index contributed by atoms with van der Waals surface area (Å²) in [5.41, 5.74) is 7.55. The Bertz CT molecular complexity index is 1570. The van der Waals surface area contributed by atoms with Crippen LogP contribution in [0.5, 0.6) is 23.0 Å². The van der Waals surface area contributed by atoms with Gasteiger partial charge in [0.25, 0.3) is 0 Å². The number of halogens is 1. The summed E-state index contributed by atoms with van der Waals surface area (Å²) in [6.45, 7) is 0.198. The molecule has 10 heteroatoms. The molecule has 224 valence electrons. The Balaban J connectivity index is 1.20. The average Bonchev–Trinajstić information content (AvgIpc) is 3.52. The number of anilines is 1. The molecule has 9 nitrogen and oxygen atoms in total. The van der Waals surface area contributed by atoms with Gasteiger partial charge in [-0.05, 0) is 67.6 Å². The number of carbonyl (C=O) groups excluding carboxylic acids is 2. The summed E-state index contributed by atoms with van der Waals surface area (Å²) in [4.78, 5) is 29.1.